The zero-order chi connectivity index (χ0) is 12.3. The van der Waals surface area contributed by atoms with E-state index in [2.05, 4.69) is 28.9 Å². The predicted octanol–water partition coefficient (Wildman–Crippen LogP) is 1.83. The van der Waals surface area contributed by atoms with Crippen molar-refractivity contribution in [2.24, 2.45) is 0 Å². The van der Waals surface area contributed by atoms with Crippen molar-refractivity contribution in [2.45, 2.75) is 32.2 Å². The van der Waals surface area contributed by atoms with Gasteiger partial charge in [0.05, 0.1) is 6.61 Å². The Morgan fingerprint density at radius 2 is 2.29 bits per heavy atom. The Bertz CT molecular complexity index is 181. The molecule has 0 bridgehead atoms. The Labute approximate surface area is 111 Å². The third kappa shape index (κ3) is 6.65. The number of ether oxygens (including phenoxy) is 1. The number of methoxy groups -OCH3 is 1. The van der Waals surface area contributed by atoms with Gasteiger partial charge in [0.1, 0.15) is 0 Å². The highest BCUT2D eigenvalue weighted by Crippen LogP contribution is 2.16. The maximum atomic E-state index is 5.06. The van der Waals surface area contributed by atoms with Crippen LogP contribution in [0.3, 0.4) is 0 Å². The van der Waals surface area contributed by atoms with Crippen LogP contribution in [0, 0.1) is 0 Å². The van der Waals surface area contributed by atoms with Gasteiger partial charge in [0, 0.05) is 38.5 Å². The van der Waals surface area contributed by atoms with Crippen LogP contribution in [0.5, 0.6) is 0 Å². The molecule has 1 fully saturated rings. The minimum Gasteiger partial charge on any atom is -0.383 e. The van der Waals surface area contributed by atoms with Gasteiger partial charge in [-0.1, -0.05) is 13.3 Å². The predicted molar refractivity (Wildman–Crippen MR) is 77.0 cm³/mol. The average molecular weight is 260 g/mol. The van der Waals surface area contributed by atoms with Crippen molar-refractivity contribution in [3.63, 3.8) is 0 Å². The van der Waals surface area contributed by atoms with Gasteiger partial charge in [-0.05, 0) is 25.1 Å². The molecule has 0 spiro atoms. The molecular formula is C13H28N2OS. The molecule has 1 atom stereocenters. The number of likely N-dealkylation sites (tertiary alicyclic amines) is 1. The van der Waals surface area contributed by atoms with E-state index in [4.69, 9.17) is 4.74 Å². The normalized spacial score (nSPS) is 21.9. The van der Waals surface area contributed by atoms with Gasteiger partial charge in [-0.3, -0.25) is 4.90 Å². The lowest BCUT2D eigenvalue weighted by molar-refractivity contribution is 0.148. The fourth-order valence-corrected chi connectivity index (χ4v) is 3.01. The largest absolute Gasteiger partial charge is 0.383 e. The highest BCUT2D eigenvalue weighted by molar-refractivity contribution is 7.99. The van der Waals surface area contributed by atoms with Crippen molar-refractivity contribution < 1.29 is 4.74 Å². The van der Waals surface area contributed by atoms with Crippen LogP contribution in [-0.4, -0.2) is 62.3 Å². The Morgan fingerprint density at radius 3 is 3.06 bits per heavy atom. The summed E-state index contributed by atoms with van der Waals surface area (Å²) in [5.41, 5.74) is 0. The van der Waals surface area contributed by atoms with Gasteiger partial charge in [0.15, 0.2) is 0 Å². The van der Waals surface area contributed by atoms with Gasteiger partial charge in [0.2, 0.25) is 0 Å². The molecule has 1 heterocycles. The van der Waals surface area contributed by atoms with Gasteiger partial charge >= 0.3 is 0 Å². The summed E-state index contributed by atoms with van der Waals surface area (Å²) < 4.78 is 5.06. The molecule has 0 aromatic heterocycles. The van der Waals surface area contributed by atoms with Crippen LogP contribution in [0.25, 0.3) is 0 Å². The average Bonchev–Trinajstić information content (AvgIpc) is 2.36. The second kappa shape index (κ2) is 10.2. The molecule has 0 amide bonds. The number of thioether (sulfide) groups is 1. The van der Waals surface area contributed by atoms with Crippen molar-refractivity contribution in [2.75, 3.05) is 51.4 Å². The summed E-state index contributed by atoms with van der Waals surface area (Å²) in [6, 6.07) is 0.748. The molecule has 1 aliphatic heterocycles. The first-order valence-electron chi connectivity index (χ1n) is 6.90. The Balaban J connectivity index is 2.17. The maximum Gasteiger partial charge on any atom is 0.0587 e. The van der Waals surface area contributed by atoms with Crippen LogP contribution in [0.2, 0.25) is 0 Å². The van der Waals surface area contributed by atoms with Gasteiger partial charge in [-0.2, -0.15) is 11.8 Å². The van der Waals surface area contributed by atoms with E-state index in [0.29, 0.717) is 0 Å². The van der Waals surface area contributed by atoms with E-state index in [-0.39, 0.29) is 0 Å². The lowest BCUT2D eigenvalue weighted by Crippen LogP contribution is -2.46. The maximum absolute atomic E-state index is 5.06. The quantitative estimate of drug-likeness (QED) is 0.639. The molecule has 0 aliphatic carbocycles. The number of nitrogens with one attached hydrogen (secondary N) is 1. The topological polar surface area (TPSA) is 24.5 Å². The van der Waals surface area contributed by atoms with Gasteiger partial charge < -0.3 is 10.1 Å². The molecule has 1 unspecified atom stereocenters. The number of hydrogen-bond donors (Lipinski definition) is 1. The van der Waals surface area contributed by atoms with Crippen molar-refractivity contribution in [3.8, 4) is 0 Å². The first-order chi connectivity index (χ1) is 8.38. The zero-order valence-corrected chi connectivity index (χ0v) is 12.2. The van der Waals surface area contributed by atoms with E-state index in [1.807, 2.05) is 0 Å². The highest BCUT2D eigenvalue weighted by atomic mass is 32.2. The lowest BCUT2D eigenvalue weighted by atomic mass is 10.0. The number of piperidine rings is 1. The Kier molecular flexibility index (Phi) is 9.16. The molecule has 3 nitrogen and oxygen atoms in total. The molecule has 4 heteroatoms. The van der Waals surface area contributed by atoms with Gasteiger partial charge in [-0.25, -0.2) is 0 Å². The third-order valence-corrected chi connectivity index (χ3v) is 4.22. The van der Waals surface area contributed by atoms with Crippen LogP contribution < -0.4 is 5.32 Å². The smallest absolute Gasteiger partial charge is 0.0587 e. The number of nitrogens with zero attached hydrogens (tertiary/aromatic N) is 1. The minimum atomic E-state index is 0.748. The van der Waals surface area contributed by atoms with Crippen molar-refractivity contribution in [1.29, 1.82) is 0 Å². The van der Waals surface area contributed by atoms with E-state index in [0.717, 1.165) is 25.7 Å². The highest BCUT2D eigenvalue weighted by Gasteiger charge is 2.21. The molecule has 17 heavy (non-hydrogen) atoms. The molecule has 102 valence electrons. The molecule has 0 radical (unpaired) electrons. The second-order valence-corrected chi connectivity index (χ2v) is 5.97. The van der Waals surface area contributed by atoms with E-state index in [1.54, 1.807) is 7.11 Å². The van der Waals surface area contributed by atoms with Crippen molar-refractivity contribution in [1.82, 2.24) is 10.2 Å². The third-order valence-electron chi connectivity index (χ3n) is 3.34. The van der Waals surface area contributed by atoms with Crippen molar-refractivity contribution in [3.05, 3.63) is 0 Å². The molecule has 1 aliphatic rings. The van der Waals surface area contributed by atoms with Crippen molar-refractivity contribution >= 4 is 11.8 Å². The van der Waals surface area contributed by atoms with E-state index >= 15 is 0 Å². The monoisotopic (exact) mass is 260 g/mol. The van der Waals surface area contributed by atoms with Gasteiger partial charge in [0.25, 0.3) is 0 Å². The summed E-state index contributed by atoms with van der Waals surface area (Å²) in [4.78, 5) is 2.67. The molecule has 1 N–H and O–H groups in total. The Hall–Kier alpha value is 0.230. The molecular weight excluding hydrogens is 232 g/mol. The minimum absolute atomic E-state index is 0.748. The van der Waals surface area contributed by atoms with E-state index in [9.17, 15) is 0 Å². The van der Waals surface area contributed by atoms with Crippen LogP contribution in [0.1, 0.15) is 26.2 Å². The van der Waals surface area contributed by atoms with Gasteiger partial charge in [-0.15, -0.1) is 0 Å². The van der Waals surface area contributed by atoms with Crippen LogP contribution in [-0.2, 0) is 4.74 Å². The summed E-state index contributed by atoms with van der Waals surface area (Å²) >= 11 is 2.05. The summed E-state index contributed by atoms with van der Waals surface area (Å²) in [6.07, 6.45) is 4.14. The molecule has 0 aromatic rings. The molecule has 0 aromatic carbocycles. The fraction of sp³-hybridized carbons (Fsp3) is 1.00. The van der Waals surface area contributed by atoms with Crippen LogP contribution >= 0.6 is 11.8 Å². The first kappa shape index (κ1) is 15.3. The zero-order valence-electron chi connectivity index (χ0n) is 11.4. The molecule has 1 rings (SSSR count). The summed E-state index contributed by atoms with van der Waals surface area (Å²) in [7, 11) is 1.76. The fourth-order valence-electron chi connectivity index (χ4n) is 2.35. The summed E-state index contributed by atoms with van der Waals surface area (Å²) in [5, 5.41) is 3.50. The summed E-state index contributed by atoms with van der Waals surface area (Å²) in [6.45, 7) is 7.71. The number of rotatable bonds is 9. The van der Waals surface area contributed by atoms with Crippen LogP contribution in [0.15, 0.2) is 0 Å². The second-order valence-electron chi connectivity index (χ2n) is 4.58. The SMILES string of the molecule is CCSCCN1CCCCC1CNCCOC. The summed E-state index contributed by atoms with van der Waals surface area (Å²) in [5.74, 6) is 2.52. The standard InChI is InChI=1S/C13H28N2OS/c1-3-17-11-9-15-8-5-4-6-13(15)12-14-7-10-16-2/h13-14H,3-12H2,1-2H3. The van der Waals surface area contributed by atoms with E-state index in [1.165, 1.54) is 43.9 Å². The Morgan fingerprint density at radius 1 is 1.41 bits per heavy atom. The lowest BCUT2D eigenvalue weighted by Gasteiger charge is -2.35. The first-order valence-corrected chi connectivity index (χ1v) is 8.05. The van der Waals surface area contributed by atoms with Crippen LogP contribution in [0.4, 0.5) is 0 Å². The number of hydrogen-bond acceptors (Lipinski definition) is 4. The van der Waals surface area contributed by atoms with E-state index < -0.39 is 0 Å². The molecule has 1 saturated heterocycles. The molecule has 0 saturated carbocycles.